The zero-order valence-electron chi connectivity index (χ0n) is 11.7. The zero-order valence-corrected chi connectivity index (χ0v) is 13.2. The fourth-order valence-electron chi connectivity index (χ4n) is 2.16. The number of nitrogens with one attached hydrogen (secondary N) is 1. The van der Waals surface area contributed by atoms with Gasteiger partial charge in [-0.05, 0) is 48.7 Å². The summed E-state index contributed by atoms with van der Waals surface area (Å²) in [7, 11) is 0. The monoisotopic (exact) mass is 336 g/mol. The number of benzene rings is 1. The maximum atomic E-state index is 13.0. The highest BCUT2D eigenvalue weighted by Gasteiger charge is 2.12. The summed E-state index contributed by atoms with van der Waals surface area (Å²) in [4.78, 5) is 4.17. The molecule has 0 amide bonds. The van der Waals surface area contributed by atoms with Gasteiger partial charge in [0.15, 0.2) is 0 Å². The molecule has 1 atom stereocenters. The molecule has 2 aromatic rings. The normalized spacial score (nSPS) is 12.2. The van der Waals surface area contributed by atoms with Gasteiger partial charge in [-0.15, -0.1) is 0 Å². The van der Waals surface area contributed by atoms with Gasteiger partial charge in [0.1, 0.15) is 5.82 Å². The highest BCUT2D eigenvalue weighted by atomic mass is 79.9. The number of hydrogen-bond acceptors (Lipinski definition) is 2. The van der Waals surface area contributed by atoms with Gasteiger partial charge in [0.2, 0.25) is 0 Å². The van der Waals surface area contributed by atoms with Gasteiger partial charge in [-0.2, -0.15) is 0 Å². The maximum absolute atomic E-state index is 13.0. The number of pyridine rings is 1. The second-order valence-corrected chi connectivity index (χ2v) is 5.58. The Hall–Kier alpha value is -1.42. The summed E-state index contributed by atoms with van der Waals surface area (Å²) >= 11 is 3.49. The minimum Gasteiger partial charge on any atom is -0.376 e. The molecule has 20 heavy (non-hydrogen) atoms. The Kier molecular flexibility index (Phi) is 5.12. The van der Waals surface area contributed by atoms with E-state index >= 15 is 0 Å². The third-order valence-corrected chi connectivity index (χ3v) is 3.79. The lowest BCUT2D eigenvalue weighted by molar-refractivity contribution is 0.614. The molecule has 0 spiro atoms. The summed E-state index contributed by atoms with van der Waals surface area (Å²) in [6, 6.07) is 9.48. The van der Waals surface area contributed by atoms with E-state index in [4.69, 9.17) is 0 Å². The van der Waals surface area contributed by atoms with Crippen LogP contribution in [0.5, 0.6) is 0 Å². The van der Waals surface area contributed by atoms with Crippen molar-refractivity contribution in [2.75, 3.05) is 5.32 Å². The maximum Gasteiger partial charge on any atom is 0.141 e. The first-order valence-electron chi connectivity index (χ1n) is 6.80. The highest BCUT2D eigenvalue weighted by Crippen LogP contribution is 2.26. The van der Waals surface area contributed by atoms with Crippen LogP contribution in [-0.4, -0.2) is 4.98 Å². The lowest BCUT2D eigenvalue weighted by Crippen LogP contribution is -2.12. The van der Waals surface area contributed by atoms with E-state index in [0.717, 1.165) is 28.7 Å². The molecule has 1 aromatic carbocycles. The van der Waals surface area contributed by atoms with E-state index < -0.39 is 0 Å². The second kappa shape index (κ2) is 6.84. The molecule has 2 rings (SSSR count). The van der Waals surface area contributed by atoms with Crippen molar-refractivity contribution in [3.05, 3.63) is 58.1 Å². The van der Waals surface area contributed by atoms with Gasteiger partial charge < -0.3 is 5.32 Å². The number of nitrogens with zero attached hydrogens (tertiary/aromatic N) is 1. The Morgan fingerprint density at radius 3 is 2.65 bits per heavy atom. The Morgan fingerprint density at radius 1 is 1.25 bits per heavy atom. The number of halogens is 2. The van der Waals surface area contributed by atoms with Gasteiger partial charge in [-0.3, -0.25) is 4.98 Å². The summed E-state index contributed by atoms with van der Waals surface area (Å²) in [5.74, 6) is -0.304. The summed E-state index contributed by atoms with van der Waals surface area (Å²) in [5, 5.41) is 3.51. The summed E-state index contributed by atoms with van der Waals surface area (Å²) in [5.41, 5.74) is 3.22. The largest absolute Gasteiger partial charge is 0.376 e. The van der Waals surface area contributed by atoms with Crippen molar-refractivity contribution in [2.24, 2.45) is 0 Å². The second-order valence-electron chi connectivity index (χ2n) is 4.66. The van der Waals surface area contributed by atoms with Crippen LogP contribution >= 0.6 is 15.9 Å². The SMILES string of the molecule is CCc1cc(Br)ccc1NC(CC)c1ccc(F)cn1. The molecular formula is C16H18BrFN2. The van der Waals surface area contributed by atoms with E-state index in [1.54, 1.807) is 6.07 Å². The van der Waals surface area contributed by atoms with E-state index in [1.807, 2.05) is 6.07 Å². The average molecular weight is 337 g/mol. The molecule has 1 aromatic heterocycles. The van der Waals surface area contributed by atoms with Gasteiger partial charge >= 0.3 is 0 Å². The molecular weight excluding hydrogens is 319 g/mol. The third kappa shape index (κ3) is 3.57. The number of aryl methyl sites for hydroxylation is 1. The smallest absolute Gasteiger partial charge is 0.141 e. The molecule has 106 valence electrons. The molecule has 0 saturated carbocycles. The Bertz CT molecular complexity index is 569. The minimum atomic E-state index is -0.304. The molecule has 0 aliphatic rings. The Labute approximate surface area is 127 Å². The van der Waals surface area contributed by atoms with Crippen LogP contribution in [0.4, 0.5) is 10.1 Å². The minimum absolute atomic E-state index is 0.0853. The fraction of sp³-hybridized carbons (Fsp3) is 0.312. The molecule has 0 radical (unpaired) electrons. The summed E-state index contributed by atoms with van der Waals surface area (Å²) in [6.45, 7) is 4.22. The van der Waals surface area contributed by atoms with Crippen molar-refractivity contribution in [1.29, 1.82) is 0 Å². The van der Waals surface area contributed by atoms with Crippen molar-refractivity contribution in [3.63, 3.8) is 0 Å². The predicted octanol–water partition coefficient (Wildman–Crippen LogP) is 5.11. The molecule has 4 heteroatoms. The van der Waals surface area contributed by atoms with Crippen molar-refractivity contribution >= 4 is 21.6 Å². The van der Waals surface area contributed by atoms with Crippen molar-refractivity contribution in [2.45, 2.75) is 32.7 Å². The van der Waals surface area contributed by atoms with E-state index in [9.17, 15) is 4.39 Å². The quantitative estimate of drug-likeness (QED) is 0.820. The van der Waals surface area contributed by atoms with Crippen LogP contribution in [0.1, 0.15) is 37.6 Å². The zero-order chi connectivity index (χ0) is 14.5. The molecule has 0 aliphatic heterocycles. The molecule has 2 nitrogen and oxygen atoms in total. The summed E-state index contributed by atoms with van der Waals surface area (Å²) in [6.07, 6.45) is 3.11. The topological polar surface area (TPSA) is 24.9 Å². The first kappa shape index (κ1) is 15.0. The third-order valence-electron chi connectivity index (χ3n) is 3.29. The van der Waals surface area contributed by atoms with Crippen LogP contribution in [0.15, 0.2) is 41.0 Å². The molecule has 0 aliphatic carbocycles. The van der Waals surface area contributed by atoms with Crippen LogP contribution in [0.2, 0.25) is 0 Å². The molecule has 1 N–H and O–H groups in total. The van der Waals surface area contributed by atoms with Gasteiger partial charge in [0, 0.05) is 10.2 Å². The van der Waals surface area contributed by atoms with Crippen LogP contribution in [-0.2, 0) is 6.42 Å². The number of anilines is 1. The Balaban J connectivity index is 2.24. The number of hydrogen-bond donors (Lipinski definition) is 1. The van der Waals surface area contributed by atoms with Gasteiger partial charge in [0.25, 0.3) is 0 Å². The first-order chi connectivity index (χ1) is 9.63. The molecule has 0 fully saturated rings. The van der Waals surface area contributed by atoms with E-state index in [0.29, 0.717) is 0 Å². The lowest BCUT2D eigenvalue weighted by Gasteiger charge is -2.20. The molecule has 0 saturated heterocycles. The van der Waals surface area contributed by atoms with Crippen molar-refractivity contribution < 1.29 is 4.39 Å². The van der Waals surface area contributed by atoms with Gasteiger partial charge in [-0.1, -0.05) is 29.8 Å². The fourth-order valence-corrected chi connectivity index (χ4v) is 2.57. The van der Waals surface area contributed by atoms with Crippen LogP contribution in [0, 0.1) is 5.82 Å². The van der Waals surface area contributed by atoms with E-state index in [2.05, 4.69) is 52.2 Å². The van der Waals surface area contributed by atoms with E-state index in [-0.39, 0.29) is 11.9 Å². The van der Waals surface area contributed by atoms with Crippen molar-refractivity contribution in [1.82, 2.24) is 4.98 Å². The number of aromatic nitrogens is 1. The Morgan fingerprint density at radius 2 is 2.05 bits per heavy atom. The van der Waals surface area contributed by atoms with Crippen molar-refractivity contribution in [3.8, 4) is 0 Å². The standard InChI is InChI=1S/C16H18BrFN2/c1-3-11-9-12(17)5-7-15(11)20-14(4-2)16-8-6-13(18)10-19-16/h5-10,14,20H,3-4H2,1-2H3. The highest BCUT2D eigenvalue weighted by molar-refractivity contribution is 9.10. The number of rotatable bonds is 5. The van der Waals surface area contributed by atoms with Crippen LogP contribution in [0.25, 0.3) is 0 Å². The first-order valence-corrected chi connectivity index (χ1v) is 7.59. The van der Waals surface area contributed by atoms with Crippen LogP contribution < -0.4 is 5.32 Å². The lowest BCUT2D eigenvalue weighted by atomic mass is 10.1. The van der Waals surface area contributed by atoms with Crippen LogP contribution in [0.3, 0.4) is 0 Å². The predicted molar refractivity (Wildman–Crippen MR) is 84.4 cm³/mol. The average Bonchev–Trinajstić information content (AvgIpc) is 2.47. The molecule has 1 unspecified atom stereocenters. The molecule has 0 bridgehead atoms. The van der Waals surface area contributed by atoms with E-state index in [1.165, 1.54) is 17.8 Å². The summed E-state index contributed by atoms with van der Waals surface area (Å²) < 4.78 is 14.0. The van der Waals surface area contributed by atoms with Gasteiger partial charge in [0.05, 0.1) is 17.9 Å². The van der Waals surface area contributed by atoms with Gasteiger partial charge in [-0.25, -0.2) is 4.39 Å². The molecule has 1 heterocycles.